The maximum Gasteiger partial charge on any atom is 0.137 e. The summed E-state index contributed by atoms with van der Waals surface area (Å²) in [7, 11) is 0. The van der Waals surface area contributed by atoms with Crippen molar-refractivity contribution < 1.29 is 0 Å². The summed E-state index contributed by atoms with van der Waals surface area (Å²) in [5, 5.41) is 0. The molecule has 2 bridgehead atoms. The van der Waals surface area contributed by atoms with E-state index in [1.807, 2.05) is 6.92 Å². The van der Waals surface area contributed by atoms with Crippen molar-refractivity contribution in [1.82, 2.24) is 9.97 Å². The summed E-state index contributed by atoms with van der Waals surface area (Å²) in [6.07, 6.45) is 6.03. The molecule has 3 rings (SSSR count). The summed E-state index contributed by atoms with van der Waals surface area (Å²) >= 11 is 0. The van der Waals surface area contributed by atoms with Crippen LogP contribution in [0.3, 0.4) is 0 Å². The van der Waals surface area contributed by atoms with Crippen molar-refractivity contribution >= 4 is 11.6 Å². The molecule has 2 unspecified atom stereocenters. The average molecular weight is 246 g/mol. The van der Waals surface area contributed by atoms with Crippen molar-refractivity contribution in [2.75, 3.05) is 17.2 Å². The molecule has 1 saturated heterocycles. The number of rotatable bonds is 3. The molecule has 1 saturated carbocycles. The summed E-state index contributed by atoms with van der Waals surface area (Å²) in [6.45, 7) is 5.36. The van der Waals surface area contributed by atoms with Crippen LogP contribution in [0.25, 0.3) is 0 Å². The highest BCUT2D eigenvalue weighted by Gasteiger charge is 2.39. The van der Waals surface area contributed by atoms with Crippen molar-refractivity contribution in [3.8, 4) is 0 Å². The van der Waals surface area contributed by atoms with E-state index in [4.69, 9.17) is 10.7 Å². The molecule has 0 spiro atoms. The normalized spacial score (nSPS) is 26.0. The number of anilines is 2. The third kappa shape index (κ3) is 1.84. The van der Waals surface area contributed by atoms with Crippen molar-refractivity contribution in [3.63, 3.8) is 0 Å². The van der Waals surface area contributed by atoms with Crippen LogP contribution in [0.4, 0.5) is 11.6 Å². The molecule has 1 aromatic heterocycles. The maximum absolute atomic E-state index is 6.04. The lowest BCUT2D eigenvalue weighted by molar-refractivity contribution is 0.548. The van der Waals surface area contributed by atoms with E-state index in [-0.39, 0.29) is 0 Å². The summed E-state index contributed by atoms with van der Waals surface area (Å²) in [4.78, 5) is 11.6. The van der Waals surface area contributed by atoms with Gasteiger partial charge in [0.25, 0.3) is 0 Å². The number of fused-ring (bicyclic) bond motifs is 2. The van der Waals surface area contributed by atoms with Gasteiger partial charge in [-0.1, -0.05) is 6.92 Å². The van der Waals surface area contributed by atoms with Crippen LogP contribution < -0.4 is 10.6 Å². The van der Waals surface area contributed by atoms with E-state index in [1.165, 1.54) is 19.3 Å². The molecule has 98 valence electrons. The molecule has 2 fully saturated rings. The molecular formula is C14H22N4. The number of aryl methyl sites for hydroxylation is 1. The Kier molecular flexibility index (Phi) is 2.88. The fourth-order valence-corrected chi connectivity index (χ4v) is 3.37. The van der Waals surface area contributed by atoms with Crippen LogP contribution in [0.2, 0.25) is 0 Å². The van der Waals surface area contributed by atoms with E-state index in [0.29, 0.717) is 11.9 Å². The second-order valence-electron chi connectivity index (χ2n) is 5.71. The van der Waals surface area contributed by atoms with Crippen LogP contribution >= 0.6 is 0 Å². The minimum atomic E-state index is 0.659. The van der Waals surface area contributed by atoms with E-state index in [2.05, 4.69) is 16.8 Å². The molecule has 0 radical (unpaired) electrons. The Balaban J connectivity index is 1.95. The highest BCUT2D eigenvalue weighted by atomic mass is 15.3. The van der Waals surface area contributed by atoms with Gasteiger partial charge in [0.15, 0.2) is 0 Å². The van der Waals surface area contributed by atoms with Crippen LogP contribution in [0.1, 0.15) is 44.0 Å². The van der Waals surface area contributed by atoms with Gasteiger partial charge in [-0.25, -0.2) is 9.97 Å². The molecule has 0 amide bonds. The second-order valence-corrected chi connectivity index (χ2v) is 5.71. The SMILES string of the molecule is CCCc1nc(N)c(C)c(N2CC3CCC2C3)n1. The highest BCUT2D eigenvalue weighted by Crippen LogP contribution is 2.40. The zero-order chi connectivity index (χ0) is 12.7. The third-order valence-electron chi connectivity index (χ3n) is 4.36. The molecule has 1 aromatic rings. The standard InChI is InChI=1S/C14H22N4/c1-3-4-12-16-13(15)9(2)14(17-12)18-8-10-5-6-11(18)7-10/h10-11H,3-8H2,1-2H3,(H2,15,16,17). The number of piperidine rings is 1. The Morgan fingerprint density at radius 1 is 1.33 bits per heavy atom. The average Bonchev–Trinajstić information content (AvgIpc) is 2.96. The number of aromatic nitrogens is 2. The van der Waals surface area contributed by atoms with Crippen molar-refractivity contribution in [1.29, 1.82) is 0 Å². The minimum Gasteiger partial charge on any atom is -0.383 e. The monoisotopic (exact) mass is 246 g/mol. The van der Waals surface area contributed by atoms with Gasteiger partial charge in [-0.2, -0.15) is 0 Å². The molecule has 18 heavy (non-hydrogen) atoms. The van der Waals surface area contributed by atoms with Gasteiger partial charge in [-0.15, -0.1) is 0 Å². The Bertz CT molecular complexity index is 457. The minimum absolute atomic E-state index is 0.659. The van der Waals surface area contributed by atoms with E-state index in [9.17, 15) is 0 Å². The van der Waals surface area contributed by atoms with Gasteiger partial charge in [0.05, 0.1) is 0 Å². The zero-order valence-corrected chi connectivity index (χ0v) is 11.3. The van der Waals surface area contributed by atoms with Crippen LogP contribution in [0.5, 0.6) is 0 Å². The smallest absolute Gasteiger partial charge is 0.137 e. The molecule has 2 N–H and O–H groups in total. The molecule has 2 heterocycles. The summed E-state index contributed by atoms with van der Waals surface area (Å²) in [5.74, 6) is 3.53. The number of hydrogen-bond donors (Lipinski definition) is 1. The Morgan fingerprint density at radius 3 is 2.78 bits per heavy atom. The number of nitrogens with zero attached hydrogens (tertiary/aromatic N) is 3. The topological polar surface area (TPSA) is 55.0 Å². The Hall–Kier alpha value is -1.32. The number of nitrogens with two attached hydrogens (primary N) is 1. The van der Waals surface area contributed by atoms with Gasteiger partial charge < -0.3 is 10.6 Å². The number of hydrogen-bond acceptors (Lipinski definition) is 4. The van der Waals surface area contributed by atoms with E-state index < -0.39 is 0 Å². The summed E-state index contributed by atoms with van der Waals surface area (Å²) in [5.41, 5.74) is 7.10. The van der Waals surface area contributed by atoms with Gasteiger partial charge in [0, 0.05) is 24.6 Å². The highest BCUT2D eigenvalue weighted by molar-refractivity contribution is 5.58. The first kappa shape index (κ1) is 11.8. The maximum atomic E-state index is 6.04. The first-order valence-electron chi connectivity index (χ1n) is 7.08. The molecule has 0 aromatic carbocycles. The molecular weight excluding hydrogens is 224 g/mol. The van der Waals surface area contributed by atoms with Crippen molar-refractivity contribution in [2.45, 2.75) is 52.0 Å². The van der Waals surface area contributed by atoms with Gasteiger partial charge in [-0.05, 0) is 38.5 Å². The van der Waals surface area contributed by atoms with Crippen LogP contribution in [-0.4, -0.2) is 22.6 Å². The molecule has 1 aliphatic carbocycles. The largest absolute Gasteiger partial charge is 0.383 e. The first-order chi connectivity index (χ1) is 8.69. The van der Waals surface area contributed by atoms with Gasteiger partial charge in [0.2, 0.25) is 0 Å². The lowest BCUT2D eigenvalue weighted by atomic mass is 10.1. The summed E-state index contributed by atoms with van der Waals surface area (Å²) in [6, 6.07) is 0.692. The molecule has 1 aliphatic heterocycles. The lowest BCUT2D eigenvalue weighted by Gasteiger charge is -2.29. The lowest BCUT2D eigenvalue weighted by Crippen LogP contribution is -2.33. The summed E-state index contributed by atoms with van der Waals surface area (Å²) < 4.78 is 0. The molecule has 2 atom stereocenters. The van der Waals surface area contributed by atoms with Gasteiger partial charge in [-0.3, -0.25) is 0 Å². The molecule has 4 nitrogen and oxygen atoms in total. The van der Waals surface area contributed by atoms with Crippen molar-refractivity contribution in [3.05, 3.63) is 11.4 Å². The van der Waals surface area contributed by atoms with E-state index in [0.717, 1.165) is 42.5 Å². The molecule has 2 aliphatic rings. The fourth-order valence-electron chi connectivity index (χ4n) is 3.37. The Morgan fingerprint density at radius 2 is 2.17 bits per heavy atom. The van der Waals surface area contributed by atoms with Crippen LogP contribution in [-0.2, 0) is 6.42 Å². The fraction of sp³-hybridized carbons (Fsp3) is 0.714. The van der Waals surface area contributed by atoms with Gasteiger partial charge >= 0.3 is 0 Å². The Labute approximate surface area is 109 Å². The quantitative estimate of drug-likeness (QED) is 0.889. The van der Waals surface area contributed by atoms with Crippen LogP contribution in [0.15, 0.2) is 0 Å². The van der Waals surface area contributed by atoms with Crippen LogP contribution in [0, 0.1) is 12.8 Å². The third-order valence-corrected chi connectivity index (χ3v) is 4.36. The second kappa shape index (κ2) is 4.41. The van der Waals surface area contributed by atoms with E-state index in [1.54, 1.807) is 0 Å². The predicted molar refractivity (Wildman–Crippen MR) is 73.7 cm³/mol. The number of nitrogen functional groups attached to an aromatic ring is 1. The van der Waals surface area contributed by atoms with Gasteiger partial charge in [0.1, 0.15) is 17.5 Å². The molecule has 4 heteroatoms. The predicted octanol–water partition coefficient (Wildman–Crippen LogP) is 2.31. The first-order valence-corrected chi connectivity index (χ1v) is 7.08. The van der Waals surface area contributed by atoms with Crippen molar-refractivity contribution in [2.24, 2.45) is 5.92 Å². The zero-order valence-electron chi connectivity index (χ0n) is 11.3. The van der Waals surface area contributed by atoms with E-state index >= 15 is 0 Å².